The van der Waals surface area contributed by atoms with E-state index in [2.05, 4.69) is 6.92 Å². The van der Waals surface area contributed by atoms with E-state index in [4.69, 9.17) is 23.4 Å². The van der Waals surface area contributed by atoms with Gasteiger partial charge in [0.05, 0.1) is 31.7 Å². The highest BCUT2D eigenvalue weighted by Crippen LogP contribution is 2.70. The average Bonchev–Trinajstić information content (AvgIpc) is 3.54. The van der Waals surface area contributed by atoms with Gasteiger partial charge in [0.2, 0.25) is 0 Å². The first kappa shape index (κ1) is 29.4. The third kappa shape index (κ3) is 4.22. The lowest BCUT2D eigenvalue weighted by molar-refractivity contribution is -0.299. The molecular formula is C28H38O12S. The Morgan fingerprint density at radius 3 is 2.59 bits per heavy atom. The quantitative estimate of drug-likeness (QED) is 0.213. The number of cyclic esters (lactones) is 1. The topological polar surface area (TPSA) is 185 Å². The van der Waals surface area contributed by atoms with Crippen LogP contribution >= 0.6 is 11.8 Å². The van der Waals surface area contributed by atoms with Crippen molar-refractivity contribution in [3.8, 4) is 0 Å². The Hall–Kier alpha value is -1.71. The summed E-state index contributed by atoms with van der Waals surface area (Å²) in [5.41, 5.74) is -2.47. The van der Waals surface area contributed by atoms with E-state index < -0.39 is 83.1 Å². The summed E-state index contributed by atoms with van der Waals surface area (Å²) in [6.45, 7) is 3.48. The molecule has 0 spiro atoms. The summed E-state index contributed by atoms with van der Waals surface area (Å²) in [7, 11) is 0. The standard InChI is InChI=1S/C28H38O12S/c1-26-10-15(13-5-6-36-12-13)38-23(33)14(26)9-18-27(2)17(26)3-4-19(28(27,35)25(34)40-18)41-8-7-37-24-22(32)21(31)20(30)16(11-29)39-24/h5-6,12,14-22,24,29-32,35H,3-4,7-11H2,1-2H3/t14-,15-,16+,17-,18-,19-,20+,21-,22+,24+,26+,27-,28-/m0/s1. The molecule has 5 N–H and O–H groups in total. The lowest BCUT2D eigenvalue weighted by atomic mass is 9.42. The smallest absolute Gasteiger partial charge is 0.340 e. The maximum atomic E-state index is 13.4. The summed E-state index contributed by atoms with van der Waals surface area (Å²) in [5, 5.41) is 51.3. The first-order valence-corrected chi connectivity index (χ1v) is 15.2. The van der Waals surface area contributed by atoms with Crippen LogP contribution in [0.1, 0.15) is 51.2 Å². The van der Waals surface area contributed by atoms with Gasteiger partial charge in [-0.3, -0.25) is 4.79 Å². The number of ether oxygens (including phenoxy) is 4. The molecule has 5 fully saturated rings. The second-order valence-electron chi connectivity index (χ2n) is 12.5. The Kier molecular flexibility index (Phi) is 7.50. The zero-order valence-electron chi connectivity index (χ0n) is 23.0. The minimum atomic E-state index is -1.78. The van der Waals surface area contributed by atoms with E-state index >= 15 is 0 Å². The van der Waals surface area contributed by atoms with E-state index in [1.807, 2.05) is 6.92 Å². The van der Waals surface area contributed by atoms with Crippen LogP contribution in [0.4, 0.5) is 0 Å². The monoisotopic (exact) mass is 598 g/mol. The van der Waals surface area contributed by atoms with E-state index in [0.29, 0.717) is 25.0 Å². The fraction of sp³-hybridized carbons (Fsp3) is 0.786. The minimum absolute atomic E-state index is 0.0521. The maximum absolute atomic E-state index is 13.4. The van der Waals surface area contributed by atoms with Crippen molar-refractivity contribution < 1.29 is 58.5 Å². The Morgan fingerprint density at radius 1 is 1.10 bits per heavy atom. The van der Waals surface area contributed by atoms with Crippen LogP contribution in [0.3, 0.4) is 0 Å². The van der Waals surface area contributed by atoms with Gasteiger partial charge >= 0.3 is 11.9 Å². The summed E-state index contributed by atoms with van der Waals surface area (Å²) in [5.74, 6) is -1.31. The summed E-state index contributed by atoms with van der Waals surface area (Å²) in [6.07, 6.45) is -2.82. The van der Waals surface area contributed by atoms with Gasteiger partial charge < -0.3 is 48.9 Å². The molecular weight excluding hydrogens is 560 g/mol. The molecule has 2 saturated carbocycles. The molecule has 2 aliphatic carbocycles. The van der Waals surface area contributed by atoms with Crippen molar-refractivity contribution in [2.45, 2.75) is 93.3 Å². The lowest BCUT2D eigenvalue weighted by Gasteiger charge is -2.63. The highest BCUT2D eigenvalue weighted by atomic mass is 32.2. The molecule has 0 aromatic carbocycles. The van der Waals surface area contributed by atoms with Crippen molar-refractivity contribution in [2.75, 3.05) is 19.0 Å². The fourth-order valence-corrected chi connectivity index (χ4v) is 9.73. The number of rotatable bonds is 7. The summed E-state index contributed by atoms with van der Waals surface area (Å²) in [4.78, 5) is 26.7. The van der Waals surface area contributed by atoms with Crippen LogP contribution in [0.25, 0.3) is 0 Å². The molecule has 13 heteroatoms. The van der Waals surface area contributed by atoms with Crippen molar-refractivity contribution in [3.63, 3.8) is 0 Å². The molecule has 0 unspecified atom stereocenters. The first-order chi connectivity index (χ1) is 19.5. The van der Waals surface area contributed by atoms with Crippen molar-refractivity contribution in [3.05, 3.63) is 24.2 Å². The number of hydrogen-bond donors (Lipinski definition) is 5. The zero-order valence-corrected chi connectivity index (χ0v) is 23.8. The molecule has 5 aliphatic rings. The van der Waals surface area contributed by atoms with Crippen LogP contribution in [0.2, 0.25) is 0 Å². The number of hydrogen-bond acceptors (Lipinski definition) is 13. The maximum Gasteiger partial charge on any atom is 0.340 e. The molecule has 1 aromatic heterocycles. The number of aliphatic hydroxyl groups excluding tert-OH is 4. The zero-order chi connectivity index (χ0) is 29.3. The number of carbonyl (C=O) groups excluding carboxylic acids is 2. The van der Waals surface area contributed by atoms with Crippen LogP contribution in [0.5, 0.6) is 0 Å². The van der Waals surface area contributed by atoms with Gasteiger partial charge in [0, 0.05) is 22.0 Å². The van der Waals surface area contributed by atoms with E-state index in [1.165, 1.54) is 11.8 Å². The van der Waals surface area contributed by atoms with Crippen LogP contribution in [0.15, 0.2) is 23.0 Å². The van der Waals surface area contributed by atoms with Crippen molar-refractivity contribution in [2.24, 2.45) is 22.7 Å². The molecule has 41 heavy (non-hydrogen) atoms. The van der Waals surface area contributed by atoms with Gasteiger partial charge in [0.1, 0.15) is 36.6 Å². The van der Waals surface area contributed by atoms with Crippen LogP contribution in [0, 0.1) is 22.7 Å². The van der Waals surface area contributed by atoms with Gasteiger partial charge in [-0.1, -0.05) is 13.8 Å². The third-order valence-corrected chi connectivity index (χ3v) is 12.0. The number of furan rings is 1. The van der Waals surface area contributed by atoms with Gasteiger partial charge in [0.25, 0.3) is 0 Å². The van der Waals surface area contributed by atoms with Crippen LogP contribution in [-0.4, -0.2) is 104 Å². The van der Waals surface area contributed by atoms with Gasteiger partial charge in [0.15, 0.2) is 11.9 Å². The van der Waals surface area contributed by atoms with Crippen LogP contribution in [-0.2, 0) is 28.5 Å². The second kappa shape index (κ2) is 10.5. The molecule has 0 amide bonds. The highest BCUT2D eigenvalue weighted by Gasteiger charge is 2.78. The van der Waals surface area contributed by atoms with Gasteiger partial charge in [-0.25, -0.2) is 4.79 Å². The molecule has 12 nitrogen and oxygen atoms in total. The summed E-state index contributed by atoms with van der Waals surface area (Å²) >= 11 is 1.36. The predicted octanol–water partition coefficient (Wildman–Crippen LogP) is 0.285. The van der Waals surface area contributed by atoms with Gasteiger partial charge in [-0.15, -0.1) is 0 Å². The first-order valence-electron chi connectivity index (χ1n) is 14.2. The fourth-order valence-electron chi connectivity index (χ4n) is 8.36. The molecule has 4 heterocycles. The van der Waals surface area contributed by atoms with E-state index in [-0.39, 0.29) is 24.9 Å². The average molecular weight is 599 g/mol. The third-order valence-electron chi connectivity index (χ3n) is 10.6. The second-order valence-corrected chi connectivity index (χ2v) is 13.8. The molecule has 6 rings (SSSR count). The minimum Gasteiger partial charge on any atom is -0.472 e. The molecule has 3 aliphatic heterocycles. The van der Waals surface area contributed by atoms with Gasteiger partial charge in [-0.2, -0.15) is 11.8 Å². The molecule has 228 valence electrons. The number of fused-ring (bicyclic) bond motifs is 2. The molecule has 1 aromatic rings. The largest absolute Gasteiger partial charge is 0.472 e. The highest BCUT2D eigenvalue weighted by molar-refractivity contribution is 8.00. The Balaban J connectivity index is 1.17. The van der Waals surface area contributed by atoms with Gasteiger partial charge in [-0.05, 0) is 43.1 Å². The molecule has 13 atom stereocenters. The summed E-state index contributed by atoms with van der Waals surface area (Å²) < 4.78 is 27.9. The SMILES string of the molecule is C[C@@]12C[C@@H](c3ccoc3)OC(=O)[C@@H]1C[C@@H]1OC(=O)[C@@]3(O)[C@@H](SCCO[C@@H]4O[C@H](CO)[C@@H](O)[C@H](O)[C@H]4O)CC[C@@H]2[C@@]13C. The molecule has 3 saturated heterocycles. The Morgan fingerprint density at radius 2 is 1.88 bits per heavy atom. The summed E-state index contributed by atoms with van der Waals surface area (Å²) in [6, 6.07) is 1.79. The Labute approximate surface area is 241 Å². The number of esters is 2. The number of thioether (sulfide) groups is 1. The normalized spacial score (nSPS) is 49.1. The predicted molar refractivity (Wildman–Crippen MR) is 140 cm³/mol. The number of carbonyl (C=O) groups is 2. The van der Waals surface area contributed by atoms with E-state index in [1.54, 1.807) is 18.6 Å². The van der Waals surface area contributed by atoms with Crippen LogP contribution < -0.4 is 0 Å². The Bertz CT molecular complexity index is 1150. The molecule has 0 radical (unpaired) electrons. The lowest BCUT2D eigenvalue weighted by Crippen LogP contribution is -2.69. The molecule has 0 bridgehead atoms. The van der Waals surface area contributed by atoms with Crippen molar-refractivity contribution in [1.29, 1.82) is 0 Å². The van der Waals surface area contributed by atoms with Crippen molar-refractivity contribution >= 4 is 23.7 Å². The van der Waals surface area contributed by atoms with Crippen molar-refractivity contribution in [1.82, 2.24) is 0 Å². The van der Waals surface area contributed by atoms with E-state index in [9.17, 15) is 35.1 Å². The van der Waals surface area contributed by atoms with E-state index in [0.717, 1.165) is 5.56 Å². The number of aliphatic hydroxyl groups is 5.